The summed E-state index contributed by atoms with van der Waals surface area (Å²) >= 11 is 12.2. The summed E-state index contributed by atoms with van der Waals surface area (Å²) in [6.45, 7) is 3.74. The lowest BCUT2D eigenvalue weighted by Gasteiger charge is -2.18. The molecule has 0 bridgehead atoms. The number of carbonyl (C=O) groups is 2. The van der Waals surface area contributed by atoms with E-state index in [0.29, 0.717) is 21.3 Å². The molecule has 108 valence electrons. The fourth-order valence-electron chi connectivity index (χ4n) is 2.03. The molecule has 0 aliphatic carbocycles. The molecular formula is C16H13Cl2NO2. The van der Waals surface area contributed by atoms with E-state index in [1.807, 2.05) is 0 Å². The average molecular weight is 322 g/mol. The lowest BCUT2D eigenvalue weighted by Crippen LogP contribution is -2.26. The fourth-order valence-corrected chi connectivity index (χ4v) is 2.54. The summed E-state index contributed by atoms with van der Waals surface area (Å²) in [5, 5.41) is 0.936. The molecule has 1 fully saturated rings. The molecule has 1 aromatic rings. The van der Waals surface area contributed by atoms with Crippen molar-refractivity contribution in [1.82, 2.24) is 4.90 Å². The van der Waals surface area contributed by atoms with Crippen LogP contribution in [-0.2, 0) is 16.1 Å². The van der Waals surface area contributed by atoms with Crippen molar-refractivity contribution < 1.29 is 9.59 Å². The van der Waals surface area contributed by atoms with Gasteiger partial charge in [0, 0.05) is 21.3 Å². The first kappa shape index (κ1) is 15.5. The monoisotopic (exact) mass is 321 g/mol. The first-order chi connectivity index (χ1) is 10.0. The van der Waals surface area contributed by atoms with E-state index in [1.165, 1.54) is 4.90 Å². The van der Waals surface area contributed by atoms with Crippen LogP contribution < -0.4 is 0 Å². The zero-order valence-electron chi connectivity index (χ0n) is 11.2. The number of hydrogen-bond acceptors (Lipinski definition) is 2. The van der Waals surface area contributed by atoms with Gasteiger partial charge in [-0.25, -0.2) is 0 Å². The van der Waals surface area contributed by atoms with Crippen molar-refractivity contribution in [2.75, 3.05) is 0 Å². The number of ketones is 1. The molecule has 0 atom stereocenters. The molecule has 1 heterocycles. The molecule has 1 aromatic carbocycles. The maximum absolute atomic E-state index is 12.0. The van der Waals surface area contributed by atoms with Crippen LogP contribution in [0.4, 0.5) is 0 Å². The fraction of sp³-hybridized carbons (Fsp3) is 0.125. The van der Waals surface area contributed by atoms with Gasteiger partial charge in [0.1, 0.15) is 0 Å². The Labute approximate surface area is 133 Å². The van der Waals surface area contributed by atoms with Crippen LogP contribution in [0.2, 0.25) is 10.0 Å². The number of benzene rings is 1. The predicted octanol–water partition coefficient (Wildman–Crippen LogP) is 3.92. The minimum absolute atomic E-state index is 0.0857. The largest absolute Gasteiger partial charge is 0.305 e. The Morgan fingerprint density at radius 1 is 1.19 bits per heavy atom. The van der Waals surface area contributed by atoms with Gasteiger partial charge in [-0.3, -0.25) is 9.59 Å². The van der Waals surface area contributed by atoms with Crippen LogP contribution in [0.5, 0.6) is 0 Å². The maximum Gasteiger partial charge on any atom is 0.294 e. The van der Waals surface area contributed by atoms with Crippen LogP contribution in [0.1, 0.15) is 12.0 Å². The van der Waals surface area contributed by atoms with Crippen LogP contribution >= 0.6 is 23.2 Å². The van der Waals surface area contributed by atoms with Crippen molar-refractivity contribution >= 4 is 34.9 Å². The molecule has 0 spiro atoms. The summed E-state index contributed by atoms with van der Waals surface area (Å²) in [6, 6.07) is 5.13. The van der Waals surface area contributed by atoms with Crippen LogP contribution in [0.25, 0.3) is 0 Å². The van der Waals surface area contributed by atoms with Crippen LogP contribution in [0.15, 0.2) is 54.8 Å². The minimum atomic E-state index is -0.538. The lowest BCUT2D eigenvalue weighted by molar-refractivity contribution is -0.139. The summed E-state index contributed by atoms with van der Waals surface area (Å²) in [7, 11) is 0. The van der Waals surface area contributed by atoms with Gasteiger partial charge in [0.25, 0.3) is 5.91 Å². The highest BCUT2D eigenvalue weighted by molar-refractivity contribution is 6.39. The Bertz CT molecular complexity index is 642. The highest BCUT2D eigenvalue weighted by Gasteiger charge is 2.34. The quantitative estimate of drug-likeness (QED) is 0.622. The molecule has 0 radical (unpaired) electrons. The molecule has 21 heavy (non-hydrogen) atoms. The molecular weight excluding hydrogens is 309 g/mol. The van der Waals surface area contributed by atoms with Crippen molar-refractivity contribution in [2.24, 2.45) is 0 Å². The molecule has 0 aromatic heterocycles. The van der Waals surface area contributed by atoms with Gasteiger partial charge >= 0.3 is 0 Å². The van der Waals surface area contributed by atoms with Crippen LogP contribution in [-0.4, -0.2) is 16.6 Å². The molecule has 1 saturated heterocycles. The number of halogens is 2. The number of amides is 1. The standard InChI is InChI=1S/C16H13Cl2NO2/c1-2-3-4-6-11-9-15(20)16(21)19(11)10-12-13(17)7-5-8-14(12)18/h2-8H,1,9-10H2/b4-3-,11-6+. The SMILES string of the molecule is C=C/C=C\C=C1/CC(=O)C(=O)N1Cc1c(Cl)cccc1Cl. The summed E-state index contributed by atoms with van der Waals surface area (Å²) in [5.41, 5.74) is 1.25. The zero-order valence-corrected chi connectivity index (χ0v) is 12.7. The summed E-state index contributed by atoms with van der Waals surface area (Å²) in [4.78, 5) is 25.0. The Balaban J connectivity index is 2.33. The van der Waals surface area contributed by atoms with Gasteiger partial charge in [-0.05, 0) is 18.2 Å². The number of hydrogen-bond donors (Lipinski definition) is 0. The molecule has 1 amide bonds. The third kappa shape index (κ3) is 3.43. The molecule has 2 rings (SSSR count). The summed E-state index contributed by atoms with van der Waals surface area (Å²) in [5.74, 6) is -0.972. The van der Waals surface area contributed by atoms with Crippen molar-refractivity contribution in [3.63, 3.8) is 0 Å². The molecule has 0 N–H and O–H groups in total. The number of Topliss-reactive ketones (excluding diaryl/α,β-unsaturated/α-hetero) is 1. The van der Waals surface area contributed by atoms with Gasteiger partial charge < -0.3 is 4.90 Å². The van der Waals surface area contributed by atoms with E-state index in [0.717, 1.165) is 0 Å². The van der Waals surface area contributed by atoms with Crippen molar-refractivity contribution in [3.05, 3.63) is 70.4 Å². The number of nitrogens with zero attached hydrogens (tertiary/aromatic N) is 1. The normalized spacial score (nSPS) is 17.2. The zero-order chi connectivity index (χ0) is 15.4. The van der Waals surface area contributed by atoms with Crippen molar-refractivity contribution in [3.8, 4) is 0 Å². The molecule has 0 unspecified atom stereocenters. The van der Waals surface area contributed by atoms with E-state index in [4.69, 9.17) is 23.2 Å². The summed E-state index contributed by atoms with van der Waals surface area (Å²) < 4.78 is 0. The van der Waals surface area contributed by atoms with E-state index >= 15 is 0 Å². The lowest BCUT2D eigenvalue weighted by atomic mass is 10.2. The van der Waals surface area contributed by atoms with Crippen molar-refractivity contribution in [1.29, 1.82) is 0 Å². The van der Waals surface area contributed by atoms with Gasteiger partial charge in [-0.15, -0.1) is 0 Å². The van der Waals surface area contributed by atoms with E-state index in [1.54, 1.807) is 42.5 Å². The van der Waals surface area contributed by atoms with Gasteiger partial charge in [0.15, 0.2) is 0 Å². The highest BCUT2D eigenvalue weighted by Crippen LogP contribution is 2.29. The third-order valence-corrected chi connectivity index (χ3v) is 3.79. The Morgan fingerprint density at radius 3 is 2.48 bits per heavy atom. The number of allylic oxidation sites excluding steroid dienone is 5. The van der Waals surface area contributed by atoms with E-state index in [9.17, 15) is 9.59 Å². The van der Waals surface area contributed by atoms with Gasteiger partial charge in [0.2, 0.25) is 5.78 Å². The maximum atomic E-state index is 12.0. The first-order valence-electron chi connectivity index (χ1n) is 6.30. The summed E-state index contributed by atoms with van der Waals surface area (Å²) in [6.07, 6.45) is 6.87. The Hall–Kier alpha value is -1.84. The second kappa shape index (κ2) is 6.74. The third-order valence-electron chi connectivity index (χ3n) is 3.09. The Kier molecular flexibility index (Phi) is 4.99. The van der Waals surface area contributed by atoms with E-state index < -0.39 is 11.7 Å². The molecule has 5 heteroatoms. The van der Waals surface area contributed by atoms with E-state index in [2.05, 4.69) is 6.58 Å². The minimum Gasteiger partial charge on any atom is -0.305 e. The number of carbonyl (C=O) groups excluding carboxylic acids is 2. The highest BCUT2D eigenvalue weighted by atomic mass is 35.5. The molecule has 0 saturated carbocycles. The Morgan fingerprint density at radius 2 is 1.86 bits per heavy atom. The second-order valence-electron chi connectivity index (χ2n) is 4.47. The van der Waals surface area contributed by atoms with Gasteiger partial charge in [0.05, 0.1) is 13.0 Å². The van der Waals surface area contributed by atoms with Gasteiger partial charge in [-0.2, -0.15) is 0 Å². The van der Waals surface area contributed by atoms with Crippen molar-refractivity contribution in [2.45, 2.75) is 13.0 Å². The van der Waals surface area contributed by atoms with Crippen LogP contribution in [0.3, 0.4) is 0 Å². The van der Waals surface area contributed by atoms with Crippen LogP contribution in [0, 0.1) is 0 Å². The first-order valence-corrected chi connectivity index (χ1v) is 7.06. The number of rotatable bonds is 4. The van der Waals surface area contributed by atoms with E-state index in [-0.39, 0.29) is 13.0 Å². The average Bonchev–Trinajstić information content (AvgIpc) is 2.71. The second-order valence-corrected chi connectivity index (χ2v) is 5.28. The number of likely N-dealkylation sites (tertiary alicyclic amines) is 1. The smallest absolute Gasteiger partial charge is 0.294 e. The predicted molar refractivity (Wildman–Crippen MR) is 84.1 cm³/mol. The topological polar surface area (TPSA) is 37.4 Å². The molecule has 1 aliphatic heterocycles. The molecule has 3 nitrogen and oxygen atoms in total. The van der Waals surface area contributed by atoms with Gasteiger partial charge in [-0.1, -0.05) is 54.1 Å². The molecule has 1 aliphatic rings.